The molecule has 0 aromatic heterocycles. The maximum atomic E-state index is 11.9. The minimum Gasteiger partial charge on any atom is -0.484 e. The lowest BCUT2D eigenvalue weighted by atomic mass is 10.2. The summed E-state index contributed by atoms with van der Waals surface area (Å²) in [6.07, 6.45) is 1.56. The Labute approximate surface area is 175 Å². The van der Waals surface area contributed by atoms with Crippen molar-refractivity contribution in [3.05, 3.63) is 65.7 Å². The molecule has 0 radical (unpaired) electrons. The Morgan fingerprint density at radius 1 is 1.03 bits per heavy atom. The third-order valence-electron chi connectivity index (χ3n) is 4.46. The van der Waals surface area contributed by atoms with Crippen molar-refractivity contribution < 1.29 is 19.1 Å². The number of amides is 2. The van der Waals surface area contributed by atoms with Gasteiger partial charge >= 0.3 is 0 Å². The molecule has 0 atom stereocenters. The first-order valence-electron chi connectivity index (χ1n) is 9.84. The molecule has 0 saturated carbocycles. The molecule has 8 nitrogen and oxygen atoms in total. The molecule has 1 heterocycles. The largest absolute Gasteiger partial charge is 0.484 e. The molecule has 2 aromatic carbocycles. The molecule has 1 saturated heterocycles. The Kier molecular flexibility index (Phi) is 8.37. The van der Waals surface area contributed by atoms with Crippen LogP contribution in [0.25, 0.3) is 0 Å². The number of hydrazone groups is 1. The smallest absolute Gasteiger partial charge is 0.258 e. The summed E-state index contributed by atoms with van der Waals surface area (Å²) in [5.74, 6) is 0.237. The second-order valence-corrected chi connectivity index (χ2v) is 6.80. The molecule has 3 rings (SSSR count). The Balaban J connectivity index is 1.35. The van der Waals surface area contributed by atoms with E-state index in [4.69, 9.17) is 9.47 Å². The van der Waals surface area contributed by atoms with Gasteiger partial charge in [-0.15, -0.1) is 0 Å². The molecule has 1 aliphatic rings. The van der Waals surface area contributed by atoms with Gasteiger partial charge < -0.3 is 14.8 Å². The van der Waals surface area contributed by atoms with Crippen molar-refractivity contribution >= 4 is 18.0 Å². The molecule has 0 bridgehead atoms. The van der Waals surface area contributed by atoms with Gasteiger partial charge in [0.25, 0.3) is 11.8 Å². The number of ether oxygens (including phenoxy) is 2. The van der Waals surface area contributed by atoms with Gasteiger partial charge in [0.05, 0.1) is 26.0 Å². The topological polar surface area (TPSA) is 92.3 Å². The Morgan fingerprint density at radius 3 is 2.50 bits per heavy atom. The molecule has 0 unspecified atom stereocenters. The number of nitrogens with zero attached hydrogens (tertiary/aromatic N) is 2. The van der Waals surface area contributed by atoms with Gasteiger partial charge in [-0.05, 0) is 35.4 Å². The zero-order chi connectivity index (χ0) is 21.0. The summed E-state index contributed by atoms with van der Waals surface area (Å²) in [7, 11) is 0. The van der Waals surface area contributed by atoms with Gasteiger partial charge in [-0.1, -0.05) is 30.3 Å². The van der Waals surface area contributed by atoms with E-state index < -0.39 is 0 Å². The summed E-state index contributed by atoms with van der Waals surface area (Å²) >= 11 is 0. The van der Waals surface area contributed by atoms with Crippen molar-refractivity contribution in [1.29, 1.82) is 0 Å². The van der Waals surface area contributed by atoms with Crippen LogP contribution in [0.5, 0.6) is 5.75 Å². The summed E-state index contributed by atoms with van der Waals surface area (Å²) in [4.78, 5) is 25.8. The first-order valence-corrected chi connectivity index (χ1v) is 9.84. The SMILES string of the molecule is O=C(COc1ccc(/C=N\NC(=O)CN2CCOCC2)cc1)NCc1ccccc1. The van der Waals surface area contributed by atoms with E-state index in [1.807, 2.05) is 35.2 Å². The summed E-state index contributed by atoms with van der Waals surface area (Å²) < 4.78 is 10.8. The molecule has 0 aliphatic carbocycles. The van der Waals surface area contributed by atoms with E-state index in [-0.39, 0.29) is 18.4 Å². The Bertz CT molecular complexity index is 834. The van der Waals surface area contributed by atoms with Crippen LogP contribution >= 0.6 is 0 Å². The molecule has 2 amide bonds. The summed E-state index contributed by atoms with van der Waals surface area (Å²) in [5.41, 5.74) is 4.37. The van der Waals surface area contributed by atoms with Crippen LogP contribution in [0.15, 0.2) is 59.7 Å². The highest BCUT2D eigenvalue weighted by Crippen LogP contribution is 2.11. The van der Waals surface area contributed by atoms with Crippen LogP contribution in [0.3, 0.4) is 0 Å². The first kappa shape index (κ1) is 21.5. The van der Waals surface area contributed by atoms with Crippen molar-refractivity contribution in [3.63, 3.8) is 0 Å². The van der Waals surface area contributed by atoms with E-state index in [0.717, 1.165) is 24.2 Å². The van der Waals surface area contributed by atoms with Crippen molar-refractivity contribution in [2.75, 3.05) is 39.5 Å². The maximum absolute atomic E-state index is 11.9. The number of carbonyl (C=O) groups is 2. The van der Waals surface area contributed by atoms with Crippen molar-refractivity contribution in [2.45, 2.75) is 6.54 Å². The number of hydrogen-bond acceptors (Lipinski definition) is 6. The van der Waals surface area contributed by atoms with Crippen molar-refractivity contribution in [3.8, 4) is 5.75 Å². The molecule has 2 N–H and O–H groups in total. The number of rotatable bonds is 9. The fourth-order valence-electron chi connectivity index (χ4n) is 2.82. The maximum Gasteiger partial charge on any atom is 0.258 e. The summed E-state index contributed by atoms with van der Waals surface area (Å²) in [5, 5.41) is 6.79. The lowest BCUT2D eigenvalue weighted by Crippen LogP contribution is -2.42. The second kappa shape index (κ2) is 11.7. The van der Waals surface area contributed by atoms with Crippen LogP contribution in [-0.2, 0) is 20.9 Å². The van der Waals surface area contributed by atoms with Crippen LogP contribution in [0.1, 0.15) is 11.1 Å². The minimum absolute atomic E-state index is 0.0577. The van der Waals surface area contributed by atoms with Crippen LogP contribution in [0.2, 0.25) is 0 Å². The normalized spacial score (nSPS) is 14.4. The highest BCUT2D eigenvalue weighted by atomic mass is 16.5. The predicted octanol–water partition coefficient (Wildman–Crippen LogP) is 1.16. The molecule has 2 aromatic rings. The van der Waals surface area contributed by atoms with Crippen molar-refractivity contribution in [1.82, 2.24) is 15.6 Å². The minimum atomic E-state index is -0.188. The Morgan fingerprint density at radius 2 is 1.77 bits per heavy atom. The first-order chi connectivity index (χ1) is 14.7. The van der Waals surface area contributed by atoms with Gasteiger partial charge in [-0.25, -0.2) is 5.43 Å². The summed E-state index contributed by atoms with van der Waals surface area (Å²) in [6.45, 7) is 3.53. The monoisotopic (exact) mass is 410 g/mol. The number of carbonyl (C=O) groups excluding carboxylic acids is 2. The van der Waals surface area contributed by atoms with Crippen molar-refractivity contribution in [2.24, 2.45) is 5.10 Å². The van der Waals surface area contributed by atoms with E-state index in [0.29, 0.717) is 32.1 Å². The van der Waals surface area contributed by atoms with E-state index in [9.17, 15) is 9.59 Å². The van der Waals surface area contributed by atoms with Gasteiger partial charge in [0, 0.05) is 19.6 Å². The van der Waals surface area contributed by atoms with E-state index in [2.05, 4.69) is 15.8 Å². The van der Waals surface area contributed by atoms with Gasteiger partial charge in [0.2, 0.25) is 0 Å². The lowest BCUT2D eigenvalue weighted by molar-refractivity contribution is -0.124. The number of nitrogens with one attached hydrogen (secondary N) is 2. The molecule has 1 aliphatic heterocycles. The molecule has 0 spiro atoms. The highest BCUT2D eigenvalue weighted by Gasteiger charge is 2.13. The van der Waals surface area contributed by atoms with Gasteiger partial charge in [-0.2, -0.15) is 5.10 Å². The third-order valence-corrected chi connectivity index (χ3v) is 4.46. The molecule has 30 heavy (non-hydrogen) atoms. The molecular weight excluding hydrogens is 384 g/mol. The average molecular weight is 410 g/mol. The van der Waals surface area contributed by atoms with Crippen LogP contribution < -0.4 is 15.5 Å². The number of morpholine rings is 1. The Hall–Kier alpha value is -3.23. The van der Waals surface area contributed by atoms with E-state index in [1.165, 1.54) is 0 Å². The number of benzene rings is 2. The number of hydrogen-bond donors (Lipinski definition) is 2. The lowest BCUT2D eigenvalue weighted by Gasteiger charge is -2.25. The fourth-order valence-corrected chi connectivity index (χ4v) is 2.82. The van der Waals surface area contributed by atoms with E-state index >= 15 is 0 Å². The third kappa shape index (κ3) is 7.65. The predicted molar refractivity (Wildman–Crippen MR) is 113 cm³/mol. The fraction of sp³-hybridized carbons (Fsp3) is 0.318. The van der Waals surface area contributed by atoms with Gasteiger partial charge in [0.1, 0.15) is 5.75 Å². The molecule has 8 heteroatoms. The molecule has 1 fully saturated rings. The molecular formula is C22H26N4O4. The van der Waals surface area contributed by atoms with Gasteiger partial charge in [0.15, 0.2) is 6.61 Å². The van der Waals surface area contributed by atoms with Crippen LogP contribution in [-0.4, -0.2) is 62.4 Å². The average Bonchev–Trinajstić information content (AvgIpc) is 2.78. The zero-order valence-electron chi connectivity index (χ0n) is 16.8. The van der Waals surface area contributed by atoms with Crippen LogP contribution in [0, 0.1) is 0 Å². The van der Waals surface area contributed by atoms with Gasteiger partial charge in [-0.3, -0.25) is 14.5 Å². The molecule has 158 valence electrons. The summed E-state index contributed by atoms with van der Waals surface area (Å²) in [6, 6.07) is 16.8. The van der Waals surface area contributed by atoms with Crippen LogP contribution in [0.4, 0.5) is 0 Å². The zero-order valence-corrected chi connectivity index (χ0v) is 16.8. The standard InChI is InChI=1S/C22H26N4O4/c27-21(16-26-10-12-29-13-11-26)25-24-15-19-6-8-20(9-7-19)30-17-22(28)23-14-18-4-2-1-3-5-18/h1-9,15H,10-14,16-17H2,(H,23,28)(H,25,27)/b24-15-. The quantitative estimate of drug-likeness (QED) is 0.478. The highest BCUT2D eigenvalue weighted by molar-refractivity contribution is 5.83. The van der Waals surface area contributed by atoms with E-state index in [1.54, 1.807) is 30.5 Å². The second-order valence-electron chi connectivity index (χ2n) is 6.80.